The zero-order chi connectivity index (χ0) is 9.97. The highest BCUT2D eigenvalue weighted by Gasteiger charge is 2.33. The van der Waals surface area contributed by atoms with Crippen LogP contribution in [0.4, 0.5) is 0 Å². The van der Waals surface area contributed by atoms with Crippen molar-refractivity contribution >= 4 is 5.78 Å². The summed E-state index contributed by atoms with van der Waals surface area (Å²) in [7, 11) is 1.90. The Morgan fingerprint density at radius 2 is 2.21 bits per heavy atom. The molecular formula is C11H19NO2. The lowest BCUT2D eigenvalue weighted by molar-refractivity contribution is -0.123. The van der Waals surface area contributed by atoms with E-state index < -0.39 is 0 Å². The van der Waals surface area contributed by atoms with Crippen molar-refractivity contribution < 1.29 is 9.53 Å². The highest BCUT2D eigenvalue weighted by Crippen LogP contribution is 2.34. The van der Waals surface area contributed by atoms with E-state index in [2.05, 4.69) is 5.32 Å². The fourth-order valence-corrected chi connectivity index (χ4v) is 2.09. The Hall–Kier alpha value is -0.410. The second kappa shape index (κ2) is 4.41. The van der Waals surface area contributed by atoms with Gasteiger partial charge >= 0.3 is 0 Å². The predicted octanol–water partition coefficient (Wildman–Crippen LogP) is 0.980. The van der Waals surface area contributed by atoms with Gasteiger partial charge in [-0.25, -0.2) is 0 Å². The summed E-state index contributed by atoms with van der Waals surface area (Å²) < 4.78 is 5.32. The summed E-state index contributed by atoms with van der Waals surface area (Å²) in [4.78, 5) is 11.8. The molecule has 0 bridgehead atoms. The third-order valence-corrected chi connectivity index (χ3v) is 3.36. The lowest BCUT2D eigenvalue weighted by Crippen LogP contribution is -2.36. The van der Waals surface area contributed by atoms with Crippen molar-refractivity contribution in [3.63, 3.8) is 0 Å². The molecular weight excluding hydrogens is 178 g/mol. The largest absolute Gasteiger partial charge is 0.379 e. The molecule has 0 aromatic heterocycles. The molecule has 2 aliphatic rings. The van der Waals surface area contributed by atoms with Crippen LogP contribution in [0.15, 0.2) is 0 Å². The fourth-order valence-electron chi connectivity index (χ4n) is 2.09. The topological polar surface area (TPSA) is 38.3 Å². The van der Waals surface area contributed by atoms with Crippen LogP contribution in [0.1, 0.15) is 25.7 Å². The second-order valence-corrected chi connectivity index (χ2v) is 4.49. The minimum atomic E-state index is 0.110. The first-order valence-corrected chi connectivity index (χ1v) is 5.59. The molecule has 14 heavy (non-hydrogen) atoms. The van der Waals surface area contributed by atoms with E-state index in [9.17, 15) is 4.79 Å². The van der Waals surface area contributed by atoms with Gasteiger partial charge in [0.15, 0.2) is 0 Å². The molecule has 0 spiro atoms. The number of nitrogens with one attached hydrogen (secondary N) is 1. The number of Topliss-reactive ketones (excluding diaryl/α,β-unsaturated/α-hetero) is 1. The summed E-state index contributed by atoms with van der Waals surface area (Å²) >= 11 is 0. The fraction of sp³-hybridized carbons (Fsp3) is 0.909. The Morgan fingerprint density at radius 1 is 1.43 bits per heavy atom. The minimum Gasteiger partial charge on any atom is -0.379 e. The average molecular weight is 197 g/mol. The summed E-state index contributed by atoms with van der Waals surface area (Å²) in [5.74, 6) is 1.36. The van der Waals surface area contributed by atoms with Crippen molar-refractivity contribution in [2.45, 2.75) is 31.7 Å². The van der Waals surface area contributed by atoms with Crippen molar-refractivity contribution in [3.8, 4) is 0 Å². The molecule has 80 valence electrons. The molecule has 1 saturated heterocycles. The van der Waals surface area contributed by atoms with Crippen molar-refractivity contribution in [2.24, 2.45) is 11.8 Å². The second-order valence-electron chi connectivity index (χ2n) is 4.49. The maximum atomic E-state index is 11.8. The number of rotatable bonds is 5. The van der Waals surface area contributed by atoms with Gasteiger partial charge in [-0.15, -0.1) is 0 Å². The summed E-state index contributed by atoms with van der Waals surface area (Å²) in [6, 6.07) is 0.252. The van der Waals surface area contributed by atoms with Crippen LogP contribution in [0.3, 0.4) is 0 Å². The molecule has 2 atom stereocenters. The van der Waals surface area contributed by atoms with Gasteiger partial charge in [0, 0.05) is 12.5 Å². The number of ether oxygens (including phenoxy) is 1. The smallest absolute Gasteiger partial charge is 0.139 e. The van der Waals surface area contributed by atoms with E-state index in [1.807, 2.05) is 7.05 Å². The number of carbonyl (C=O) groups is 1. The van der Waals surface area contributed by atoms with Crippen LogP contribution in [0.25, 0.3) is 0 Å². The van der Waals surface area contributed by atoms with Crippen molar-refractivity contribution in [1.29, 1.82) is 0 Å². The molecule has 0 aromatic carbocycles. The molecule has 1 aliphatic heterocycles. The van der Waals surface area contributed by atoms with Crippen molar-refractivity contribution in [1.82, 2.24) is 5.32 Å². The van der Waals surface area contributed by atoms with E-state index in [-0.39, 0.29) is 12.0 Å². The summed E-state index contributed by atoms with van der Waals surface area (Å²) in [6.45, 7) is 1.31. The van der Waals surface area contributed by atoms with Gasteiger partial charge in [0.25, 0.3) is 0 Å². The van der Waals surface area contributed by atoms with Crippen LogP contribution >= 0.6 is 0 Å². The van der Waals surface area contributed by atoms with Gasteiger partial charge in [-0.2, -0.15) is 0 Å². The third kappa shape index (κ3) is 2.34. The van der Waals surface area contributed by atoms with Gasteiger partial charge < -0.3 is 10.1 Å². The van der Waals surface area contributed by atoms with E-state index in [1.54, 1.807) is 0 Å². The van der Waals surface area contributed by atoms with Gasteiger partial charge in [-0.3, -0.25) is 4.79 Å². The third-order valence-electron chi connectivity index (χ3n) is 3.36. The van der Waals surface area contributed by atoms with E-state index in [4.69, 9.17) is 4.74 Å². The van der Waals surface area contributed by atoms with Crippen LogP contribution in [0.5, 0.6) is 0 Å². The van der Waals surface area contributed by atoms with E-state index in [0.717, 1.165) is 18.8 Å². The number of hydrogen-bond donors (Lipinski definition) is 1. The summed E-state index contributed by atoms with van der Waals surface area (Å²) in [6.07, 6.45) is 4.54. The minimum absolute atomic E-state index is 0.110. The monoisotopic (exact) mass is 197 g/mol. The first-order chi connectivity index (χ1) is 6.81. The molecule has 3 heteroatoms. The maximum absolute atomic E-state index is 11.8. The van der Waals surface area contributed by atoms with E-state index in [1.165, 1.54) is 12.8 Å². The molecule has 0 aromatic rings. The van der Waals surface area contributed by atoms with Gasteiger partial charge in [0.05, 0.1) is 19.1 Å². The maximum Gasteiger partial charge on any atom is 0.139 e. The lowest BCUT2D eigenvalue weighted by Gasteiger charge is -2.15. The molecule has 1 saturated carbocycles. The molecule has 0 amide bonds. The summed E-state index contributed by atoms with van der Waals surface area (Å²) in [5, 5.41) is 3.15. The molecule has 0 radical (unpaired) electrons. The number of likely N-dealkylation sites (N-methyl/N-ethyl adjacent to an activating group) is 1. The molecule has 1 aliphatic carbocycles. The molecule has 1 N–H and O–H groups in total. The molecule has 2 rings (SSSR count). The van der Waals surface area contributed by atoms with E-state index in [0.29, 0.717) is 19.0 Å². The van der Waals surface area contributed by atoms with Crippen LogP contribution < -0.4 is 5.32 Å². The Kier molecular flexibility index (Phi) is 3.19. The first kappa shape index (κ1) is 10.1. The lowest BCUT2D eigenvalue weighted by atomic mass is 9.95. The zero-order valence-corrected chi connectivity index (χ0v) is 8.79. The zero-order valence-electron chi connectivity index (χ0n) is 8.79. The Bertz CT molecular complexity index is 213. The average Bonchev–Trinajstić information content (AvgIpc) is 2.90. The van der Waals surface area contributed by atoms with Gasteiger partial charge in [0.1, 0.15) is 5.78 Å². The molecule has 3 nitrogen and oxygen atoms in total. The quantitative estimate of drug-likeness (QED) is 0.714. The first-order valence-electron chi connectivity index (χ1n) is 5.59. The molecule has 2 unspecified atom stereocenters. The standard InChI is InChI=1S/C11H19NO2/c1-12-10-7-14-6-9(10)11(13)5-4-8-2-3-8/h8-10,12H,2-7H2,1H3. The Balaban J connectivity index is 1.76. The predicted molar refractivity (Wildman–Crippen MR) is 54.1 cm³/mol. The van der Waals surface area contributed by atoms with Crippen LogP contribution in [-0.2, 0) is 9.53 Å². The number of carbonyl (C=O) groups excluding carboxylic acids is 1. The van der Waals surface area contributed by atoms with Crippen LogP contribution in [0.2, 0.25) is 0 Å². The number of ketones is 1. The molecule has 2 fully saturated rings. The Labute approximate surface area is 85.2 Å². The SMILES string of the molecule is CNC1COCC1C(=O)CCC1CC1. The van der Waals surface area contributed by atoms with Gasteiger partial charge in [0.2, 0.25) is 0 Å². The number of hydrogen-bond acceptors (Lipinski definition) is 3. The summed E-state index contributed by atoms with van der Waals surface area (Å²) in [5.41, 5.74) is 0. The van der Waals surface area contributed by atoms with Gasteiger partial charge in [-0.1, -0.05) is 12.8 Å². The van der Waals surface area contributed by atoms with E-state index >= 15 is 0 Å². The Morgan fingerprint density at radius 3 is 2.86 bits per heavy atom. The molecule has 1 heterocycles. The van der Waals surface area contributed by atoms with Crippen molar-refractivity contribution in [3.05, 3.63) is 0 Å². The van der Waals surface area contributed by atoms with Crippen LogP contribution in [0, 0.1) is 11.8 Å². The van der Waals surface area contributed by atoms with Gasteiger partial charge in [-0.05, 0) is 19.4 Å². The highest BCUT2D eigenvalue weighted by atomic mass is 16.5. The highest BCUT2D eigenvalue weighted by molar-refractivity contribution is 5.82. The van der Waals surface area contributed by atoms with Crippen LogP contribution in [-0.4, -0.2) is 32.1 Å². The van der Waals surface area contributed by atoms with Crippen molar-refractivity contribution in [2.75, 3.05) is 20.3 Å². The normalized spacial score (nSPS) is 32.1.